The molecule has 1 aliphatic rings. The largest absolute Gasteiger partial charge is 0.391 e. The first kappa shape index (κ1) is 12.8. The van der Waals surface area contributed by atoms with Gasteiger partial charge in [0, 0.05) is 12.6 Å². The summed E-state index contributed by atoms with van der Waals surface area (Å²) in [4.78, 5) is 1.64. The Morgan fingerprint density at radius 2 is 1.87 bits per heavy atom. The van der Waals surface area contributed by atoms with Crippen molar-refractivity contribution in [3.05, 3.63) is 0 Å². The predicted molar refractivity (Wildman–Crippen MR) is 51.6 cm³/mol. The molecule has 2 nitrogen and oxygen atoms in total. The Bertz CT molecular complexity index is 196. The first-order chi connectivity index (χ1) is 6.90. The number of alkyl halides is 3. The lowest BCUT2D eigenvalue weighted by atomic mass is 9.91. The second-order valence-electron chi connectivity index (χ2n) is 4.26. The predicted octanol–water partition coefficient (Wildman–Crippen LogP) is 2.17. The van der Waals surface area contributed by atoms with Crippen LogP contribution in [-0.2, 0) is 0 Å². The Morgan fingerprint density at radius 3 is 2.40 bits per heavy atom. The van der Waals surface area contributed by atoms with Crippen LogP contribution in [0.5, 0.6) is 0 Å². The van der Waals surface area contributed by atoms with Crippen LogP contribution in [0.1, 0.15) is 32.1 Å². The van der Waals surface area contributed by atoms with Crippen molar-refractivity contribution in [1.29, 1.82) is 0 Å². The van der Waals surface area contributed by atoms with E-state index >= 15 is 0 Å². The number of aliphatic hydroxyl groups is 1. The molecule has 0 amide bonds. The molecule has 1 N–H and O–H groups in total. The van der Waals surface area contributed by atoms with Crippen molar-refractivity contribution in [2.75, 3.05) is 13.6 Å². The van der Waals surface area contributed by atoms with E-state index in [0.29, 0.717) is 6.42 Å². The van der Waals surface area contributed by atoms with Gasteiger partial charge in [0.25, 0.3) is 0 Å². The first-order valence-corrected chi connectivity index (χ1v) is 5.35. The lowest BCUT2D eigenvalue weighted by molar-refractivity contribution is -0.140. The molecule has 2 unspecified atom stereocenters. The number of nitrogens with zero attached hydrogens (tertiary/aromatic N) is 1. The molecular weight excluding hydrogens is 207 g/mol. The number of halogens is 3. The Hall–Kier alpha value is -0.290. The molecule has 0 saturated heterocycles. The molecule has 5 heteroatoms. The molecule has 0 aromatic carbocycles. The summed E-state index contributed by atoms with van der Waals surface area (Å²) in [6, 6.07) is -0.0962. The van der Waals surface area contributed by atoms with Crippen molar-refractivity contribution < 1.29 is 18.3 Å². The van der Waals surface area contributed by atoms with Crippen molar-refractivity contribution in [3.8, 4) is 0 Å². The number of likely N-dealkylation sites (N-methyl/N-ethyl adjacent to an activating group) is 1. The van der Waals surface area contributed by atoms with Crippen LogP contribution in [-0.4, -0.2) is 41.9 Å². The number of hydrogen-bond donors (Lipinski definition) is 1. The zero-order chi connectivity index (χ0) is 11.5. The minimum absolute atomic E-state index is 0.0226. The number of hydrogen-bond acceptors (Lipinski definition) is 2. The van der Waals surface area contributed by atoms with Gasteiger partial charge in [-0.15, -0.1) is 0 Å². The van der Waals surface area contributed by atoms with Crippen LogP contribution in [0.25, 0.3) is 0 Å². The van der Waals surface area contributed by atoms with Gasteiger partial charge in [0.2, 0.25) is 0 Å². The van der Waals surface area contributed by atoms with Crippen LogP contribution in [0.3, 0.4) is 0 Å². The van der Waals surface area contributed by atoms with E-state index in [9.17, 15) is 18.3 Å². The third-order valence-electron chi connectivity index (χ3n) is 3.01. The number of aliphatic hydroxyl groups excluding tert-OH is 1. The maximum absolute atomic E-state index is 12.0. The van der Waals surface area contributed by atoms with Crippen LogP contribution < -0.4 is 0 Å². The molecule has 0 bridgehead atoms. The molecule has 0 spiro atoms. The van der Waals surface area contributed by atoms with E-state index in [1.165, 1.54) is 0 Å². The summed E-state index contributed by atoms with van der Waals surface area (Å²) in [7, 11) is 1.66. The zero-order valence-electron chi connectivity index (χ0n) is 8.93. The summed E-state index contributed by atoms with van der Waals surface area (Å²) >= 11 is 0. The van der Waals surface area contributed by atoms with E-state index in [-0.39, 0.29) is 12.6 Å². The fraction of sp³-hybridized carbons (Fsp3) is 1.00. The highest BCUT2D eigenvalue weighted by atomic mass is 19.4. The average molecular weight is 225 g/mol. The summed E-state index contributed by atoms with van der Waals surface area (Å²) in [5.41, 5.74) is 0. The van der Waals surface area contributed by atoms with Gasteiger partial charge in [-0.1, -0.05) is 12.8 Å². The average Bonchev–Trinajstić information content (AvgIpc) is 2.14. The van der Waals surface area contributed by atoms with Crippen molar-refractivity contribution in [3.63, 3.8) is 0 Å². The topological polar surface area (TPSA) is 23.5 Å². The molecule has 0 aliphatic heterocycles. The highest BCUT2D eigenvalue weighted by Crippen LogP contribution is 2.25. The first-order valence-electron chi connectivity index (χ1n) is 5.35. The Labute approximate surface area is 88.1 Å². The molecule has 1 saturated carbocycles. The van der Waals surface area contributed by atoms with Gasteiger partial charge in [0.1, 0.15) is 0 Å². The fourth-order valence-corrected chi connectivity index (χ4v) is 2.07. The standard InChI is InChI=1S/C10H18F3NO/c1-14(7-6-10(11,12)13)8-4-2-3-5-9(8)15/h8-9,15H,2-7H2,1H3. The minimum atomic E-state index is -4.10. The molecule has 1 rings (SSSR count). The van der Waals surface area contributed by atoms with Crippen LogP contribution in [0.2, 0.25) is 0 Å². The fourth-order valence-electron chi connectivity index (χ4n) is 2.07. The lowest BCUT2D eigenvalue weighted by Gasteiger charge is -2.35. The van der Waals surface area contributed by atoms with E-state index in [4.69, 9.17) is 0 Å². The van der Waals surface area contributed by atoms with Crippen LogP contribution >= 0.6 is 0 Å². The van der Waals surface area contributed by atoms with Crippen molar-refractivity contribution in [1.82, 2.24) is 4.90 Å². The zero-order valence-corrected chi connectivity index (χ0v) is 8.93. The van der Waals surface area contributed by atoms with Crippen LogP contribution in [0.4, 0.5) is 13.2 Å². The van der Waals surface area contributed by atoms with E-state index in [2.05, 4.69) is 0 Å². The summed E-state index contributed by atoms with van der Waals surface area (Å²) < 4.78 is 36.0. The monoisotopic (exact) mass is 225 g/mol. The van der Waals surface area contributed by atoms with Crippen LogP contribution in [0.15, 0.2) is 0 Å². The molecular formula is C10H18F3NO. The van der Waals surface area contributed by atoms with Gasteiger partial charge in [-0.25, -0.2) is 0 Å². The normalized spacial score (nSPS) is 28.4. The van der Waals surface area contributed by atoms with Gasteiger partial charge in [-0.05, 0) is 19.9 Å². The summed E-state index contributed by atoms with van der Waals surface area (Å²) in [6.45, 7) is -0.0226. The molecule has 15 heavy (non-hydrogen) atoms. The quantitative estimate of drug-likeness (QED) is 0.795. The van der Waals surface area contributed by atoms with E-state index in [1.54, 1.807) is 11.9 Å². The Balaban J connectivity index is 2.35. The molecule has 1 fully saturated rings. The SMILES string of the molecule is CN(CCC(F)(F)F)C1CCCCC1O. The van der Waals surface area contributed by atoms with Gasteiger partial charge in [-0.2, -0.15) is 13.2 Å². The van der Waals surface area contributed by atoms with Gasteiger partial charge in [-0.3, -0.25) is 0 Å². The molecule has 1 aliphatic carbocycles. The van der Waals surface area contributed by atoms with E-state index in [0.717, 1.165) is 19.3 Å². The van der Waals surface area contributed by atoms with Gasteiger partial charge >= 0.3 is 6.18 Å². The van der Waals surface area contributed by atoms with Crippen LogP contribution in [0, 0.1) is 0 Å². The second-order valence-corrected chi connectivity index (χ2v) is 4.26. The maximum Gasteiger partial charge on any atom is 0.390 e. The summed E-state index contributed by atoms with van der Waals surface area (Å²) in [6.07, 6.45) is -1.88. The molecule has 0 heterocycles. The van der Waals surface area contributed by atoms with Crippen molar-refractivity contribution >= 4 is 0 Å². The molecule has 0 aromatic rings. The maximum atomic E-state index is 12.0. The van der Waals surface area contributed by atoms with Gasteiger partial charge in [0.05, 0.1) is 12.5 Å². The second kappa shape index (κ2) is 5.16. The minimum Gasteiger partial charge on any atom is -0.391 e. The molecule has 2 atom stereocenters. The van der Waals surface area contributed by atoms with Crippen molar-refractivity contribution in [2.24, 2.45) is 0 Å². The molecule has 90 valence electrons. The third kappa shape index (κ3) is 4.38. The Morgan fingerprint density at radius 1 is 1.27 bits per heavy atom. The smallest absolute Gasteiger partial charge is 0.390 e. The highest BCUT2D eigenvalue weighted by Gasteiger charge is 2.31. The lowest BCUT2D eigenvalue weighted by Crippen LogP contribution is -2.44. The number of rotatable bonds is 3. The molecule has 0 aromatic heterocycles. The summed E-state index contributed by atoms with van der Waals surface area (Å²) in [5, 5.41) is 9.65. The van der Waals surface area contributed by atoms with Gasteiger partial charge in [0.15, 0.2) is 0 Å². The highest BCUT2D eigenvalue weighted by molar-refractivity contribution is 4.81. The third-order valence-corrected chi connectivity index (χ3v) is 3.01. The summed E-state index contributed by atoms with van der Waals surface area (Å²) in [5.74, 6) is 0. The van der Waals surface area contributed by atoms with E-state index in [1.807, 2.05) is 0 Å². The van der Waals surface area contributed by atoms with E-state index < -0.39 is 18.7 Å². The molecule has 0 radical (unpaired) electrons. The van der Waals surface area contributed by atoms with Gasteiger partial charge < -0.3 is 10.0 Å². The van der Waals surface area contributed by atoms with Crippen molar-refractivity contribution in [2.45, 2.75) is 50.4 Å². The Kier molecular flexibility index (Phi) is 4.40.